The van der Waals surface area contributed by atoms with Gasteiger partial charge in [0.25, 0.3) is 5.56 Å². The van der Waals surface area contributed by atoms with Gasteiger partial charge in [-0.25, -0.2) is 4.68 Å². The fraction of sp³-hybridized carbons (Fsp3) is 0.350. The Balaban J connectivity index is 1.44. The third kappa shape index (κ3) is 4.89. The lowest BCUT2D eigenvalue weighted by molar-refractivity contribution is -0.117. The molecule has 1 aromatic carbocycles. The summed E-state index contributed by atoms with van der Waals surface area (Å²) in [4.78, 5) is 24.6. The van der Waals surface area contributed by atoms with Gasteiger partial charge in [-0.2, -0.15) is 5.10 Å². The summed E-state index contributed by atoms with van der Waals surface area (Å²) < 4.78 is 1.14. The van der Waals surface area contributed by atoms with Gasteiger partial charge in [0, 0.05) is 22.6 Å². The topological polar surface area (TPSA) is 89.8 Å². The summed E-state index contributed by atoms with van der Waals surface area (Å²) in [5, 5.41) is 17.4. The van der Waals surface area contributed by atoms with Gasteiger partial charge in [-0.05, 0) is 31.0 Å². The minimum absolute atomic E-state index is 0.196. The molecule has 0 atom stereocenters. The van der Waals surface area contributed by atoms with Crippen molar-refractivity contribution in [3.8, 4) is 11.3 Å². The van der Waals surface area contributed by atoms with Crippen molar-refractivity contribution in [3.63, 3.8) is 0 Å². The Morgan fingerprint density at radius 1 is 1.10 bits per heavy atom. The molecule has 0 spiro atoms. The zero-order valence-corrected chi connectivity index (χ0v) is 17.2. The molecule has 9 heteroatoms. The highest BCUT2D eigenvalue weighted by Gasteiger charge is 2.20. The van der Waals surface area contributed by atoms with Crippen molar-refractivity contribution >= 4 is 34.0 Å². The predicted molar refractivity (Wildman–Crippen MR) is 113 cm³/mol. The Hall–Kier alpha value is -2.58. The van der Waals surface area contributed by atoms with Crippen LogP contribution >= 0.6 is 22.9 Å². The first-order chi connectivity index (χ1) is 14.1. The van der Waals surface area contributed by atoms with E-state index in [4.69, 9.17) is 11.6 Å². The lowest BCUT2D eigenvalue weighted by Gasteiger charge is -2.18. The van der Waals surface area contributed by atoms with Crippen LogP contribution in [0.25, 0.3) is 11.3 Å². The molecule has 1 fully saturated rings. The number of hydrogen-bond donors (Lipinski definition) is 1. The number of benzene rings is 1. The summed E-state index contributed by atoms with van der Waals surface area (Å²) in [6.45, 7) is -0.196. The Morgan fingerprint density at radius 3 is 2.62 bits per heavy atom. The summed E-state index contributed by atoms with van der Waals surface area (Å²) in [6, 6.07) is 10.2. The molecule has 2 heterocycles. The van der Waals surface area contributed by atoms with Crippen LogP contribution in [0, 0.1) is 0 Å². The molecule has 150 valence electrons. The maximum atomic E-state index is 12.4. The van der Waals surface area contributed by atoms with E-state index in [-0.39, 0.29) is 18.0 Å². The van der Waals surface area contributed by atoms with Gasteiger partial charge < -0.3 is 0 Å². The average Bonchev–Trinajstić information content (AvgIpc) is 3.19. The highest BCUT2D eigenvalue weighted by molar-refractivity contribution is 7.15. The lowest BCUT2D eigenvalue weighted by atomic mass is 9.90. The molecule has 1 aliphatic carbocycles. The van der Waals surface area contributed by atoms with Gasteiger partial charge in [-0.3, -0.25) is 14.9 Å². The second-order valence-electron chi connectivity index (χ2n) is 7.05. The molecule has 1 aliphatic rings. The highest BCUT2D eigenvalue weighted by atomic mass is 35.5. The SMILES string of the molecule is O=C(Cn1nc(-c2ccc(Cl)cc2)ccc1=O)Nc1nnc(C2CCCCC2)s1. The minimum Gasteiger partial charge on any atom is -0.299 e. The first-order valence-electron chi connectivity index (χ1n) is 9.56. The van der Waals surface area contributed by atoms with Crippen molar-refractivity contribution < 1.29 is 4.79 Å². The summed E-state index contributed by atoms with van der Waals surface area (Å²) in [5.41, 5.74) is 1.05. The third-order valence-electron chi connectivity index (χ3n) is 4.94. The summed E-state index contributed by atoms with van der Waals surface area (Å²) >= 11 is 7.32. The zero-order valence-electron chi connectivity index (χ0n) is 15.7. The van der Waals surface area contributed by atoms with Crippen molar-refractivity contribution in [2.75, 3.05) is 5.32 Å². The largest absolute Gasteiger partial charge is 0.299 e. The van der Waals surface area contributed by atoms with E-state index in [0.29, 0.717) is 21.8 Å². The van der Waals surface area contributed by atoms with E-state index in [1.165, 1.54) is 36.7 Å². The molecule has 0 unspecified atom stereocenters. The highest BCUT2D eigenvalue weighted by Crippen LogP contribution is 2.35. The van der Waals surface area contributed by atoms with Crippen LogP contribution in [0.2, 0.25) is 5.02 Å². The molecule has 1 amide bonds. The van der Waals surface area contributed by atoms with Gasteiger partial charge in [-0.1, -0.05) is 54.3 Å². The smallest absolute Gasteiger partial charge is 0.267 e. The lowest BCUT2D eigenvalue weighted by Crippen LogP contribution is -2.29. The molecule has 2 aromatic heterocycles. The van der Waals surface area contributed by atoms with Crippen LogP contribution in [0.15, 0.2) is 41.2 Å². The first kappa shape index (κ1) is 19.7. The van der Waals surface area contributed by atoms with Gasteiger partial charge in [0.05, 0.1) is 5.69 Å². The number of carbonyl (C=O) groups excluding carboxylic acids is 1. The molecule has 0 aliphatic heterocycles. The van der Waals surface area contributed by atoms with Crippen molar-refractivity contribution in [2.24, 2.45) is 0 Å². The van der Waals surface area contributed by atoms with Crippen LogP contribution in [-0.2, 0) is 11.3 Å². The van der Waals surface area contributed by atoms with Crippen molar-refractivity contribution in [3.05, 3.63) is 56.8 Å². The van der Waals surface area contributed by atoms with Crippen molar-refractivity contribution in [2.45, 2.75) is 44.6 Å². The van der Waals surface area contributed by atoms with Crippen molar-refractivity contribution in [1.29, 1.82) is 0 Å². The summed E-state index contributed by atoms with van der Waals surface area (Å²) in [5.74, 6) is 0.0754. The fourth-order valence-electron chi connectivity index (χ4n) is 3.43. The van der Waals surface area contributed by atoms with E-state index in [9.17, 15) is 9.59 Å². The number of aromatic nitrogens is 4. The maximum Gasteiger partial charge on any atom is 0.267 e. The van der Waals surface area contributed by atoms with Crippen molar-refractivity contribution in [1.82, 2.24) is 20.0 Å². The first-order valence-corrected chi connectivity index (χ1v) is 10.8. The second-order valence-corrected chi connectivity index (χ2v) is 8.50. The molecule has 7 nitrogen and oxygen atoms in total. The van der Waals surface area contributed by atoms with Crippen LogP contribution in [-0.4, -0.2) is 25.9 Å². The number of rotatable bonds is 5. The maximum absolute atomic E-state index is 12.4. The van der Waals surface area contributed by atoms with E-state index in [1.807, 2.05) is 12.1 Å². The Kier molecular flexibility index (Phi) is 6.01. The third-order valence-corrected chi connectivity index (χ3v) is 6.19. The normalized spacial score (nSPS) is 14.7. The molecule has 0 saturated heterocycles. The number of amides is 1. The number of hydrogen-bond acceptors (Lipinski definition) is 6. The number of anilines is 1. The number of nitrogens with one attached hydrogen (secondary N) is 1. The van der Waals surface area contributed by atoms with Gasteiger partial charge in [-0.15, -0.1) is 10.2 Å². The van der Waals surface area contributed by atoms with Crippen LogP contribution in [0.1, 0.15) is 43.0 Å². The van der Waals surface area contributed by atoms with E-state index in [1.54, 1.807) is 18.2 Å². The van der Waals surface area contributed by atoms with Gasteiger partial charge >= 0.3 is 0 Å². The van der Waals surface area contributed by atoms with Gasteiger partial charge in [0.15, 0.2) is 0 Å². The molecular weight excluding hydrogens is 410 g/mol. The fourth-order valence-corrected chi connectivity index (χ4v) is 4.49. The van der Waals surface area contributed by atoms with E-state index in [0.717, 1.165) is 28.1 Å². The van der Waals surface area contributed by atoms with Crippen LogP contribution in [0.3, 0.4) is 0 Å². The Labute approximate surface area is 176 Å². The Morgan fingerprint density at radius 2 is 1.86 bits per heavy atom. The molecular formula is C20H20ClN5O2S. The van der Waals surface area contributed by atoms with E-state index < -0.39 is 0 Å². The monoisotopic (exact) mass is 429 g/mol. The number of carbonyl (C=O) groups is 1. The molecule has 0 bridgehead atoms. The molecule has 0 radical (unpaired) electrons. The quantitative estimate of drug-likeness (QED) is 0.659. The average molecular weight is 430 g/mol. The minimum atomic E-state index is -0.362. The van der Waals surface area contributed by atoms with Crippen LogP contribution in [0.5, 0.6) is 0 Å². The van der Waals surface area contributed by atoms with E-state index >= 15 is 0 Å². The molecule has 3 aromatic rings. The van der Waals surface area contributed by atoms with Crippen LogP contribution < -0.4 is 10.9 Å². The van der Waals surface area contributed by atoms with Gasteiger partial charge in [0.1, 0.15) is 11.6 Å². The number of halogens is 1. The second kappa shape index (κ2) is 8.84. The predicted octanol–water partition coefficient (Wildman–Crippen LogP) is 4.10. The van der Waals surface area contributed by atoms with Gasteiger partial charge in [0.2, 0.25) is 11.0 Å². The summed E-state index contributed by atoms with van der Waals surface area (Å²) in [6.07, 6.45) is 5.95. The zero-order chi connectivity index (χ0) is 20.2. The molecule has 4 rings (SSSR count). The van der Waals surface area contributed by atoms with Crippen LogP contribution in [0.4, 0.5) is 5.13 Å². The van der Waals surface area contributed by atoms with E-state index in [2.05, 4.69) is 20.6 Å². The standard InChI is InChI=1S/C20H20ClN5O2S/c21-15-8-6-13(7-9-15)16-10-11-18(28)26(25-16)12-17(27)22-20-24-23-19(29-20)14-4-2-1-3-5-14/h6-11,14H,1-5,12H2,(H,22,24,27). The number of nitrogens with zero attached hydrogens (tertiary/aromatic N) is 4. The molecule has 1 saturated carbocycles. The summed E-state index contributed by atoms with van der Waals surface area (Å²) in [7, 11) is 0. The Bertz CT molecular complexity index is 1060. The molecule has 29 heavy (non-hydrogen) atoms. The molecule has 1 N–H and O–H groups in total.